The van der Waals surface area contributed by atoms with Crippen molar-refractivity contribution in [2.45, 2.75) is 38.1 Å². The quantitative estimate of drug-likeness (QED) is 0.669. The molecule has 70 valence electrons. The second-order valence-electron chi connectivity index (χ2n) is 3.55. The van der Waals surface area contributed by atoms with Crippen LogP contribution in [-0.2, 0) is 9.47 Å². The van der Waals surface area contributed by atoms with Gasteiger partial charge in [0, 0.05) is 13.2 Å². The third-order valence-corrected chi connectivity index (χ3v) is 2.50. The number of nitrogens with one attached hydrogen (secondary N) is 1. The molecule has 0 aliphatic carbocycles. The van der Waals surface area contributed by atoms with Gasteiger partial charge in [-0.05, 0) is 32.2 Å². The molecule has 0 aromatic rings. The predicted molar refractivity (Wildman–Crippen MR) is 46.0 cm³/mol. The van der Waals surface area contributed by atoms with Gasteiger partial charge in [-0.2, -0.15) is 0 Å². The molecular weight excluding hydrogens is 154 g/mol. The molecule has 12 heavy (non-hydrogen) atoms. The highest BCUT2D eigenvalue weighted by Gasteiger charge is 2.21. The Morgan fingerprint density at radius 2 is 2.25 bits per heavy atom. The maximum absolute atomic E-state index is 5.77. The summed E-state index contributed by atoms with van der Waals surface area (Å²) in [7, 11) is 0. The molecule has 2 saturated heterocycles. The van der Waals surface area contributed by atoms with Gasteiger partial charge in [-0.25, -0.2) is 0 Å². The molecular formula is C9H17NO2. The van der Waals surface area contributed by atoms with E-state index in [-0.39, 0.29) is 6.29 Å². The number of hydrogen-bond donors (Lipinski definition) is 1. The summed E-state index contributed by atoms with van der Waals surface area (Å²) in [4.78, 5) is 0. The number of hydrogen-bond acceptors (Lipinski definition) is 3. The second-order valence-corrected chi connectivity index (χ2v) is 3.55. The summed E-state index contributed by atoms with van der Waals surface area (Å²) in [6.07, 6.45) is 5.15. The molecule has 0 bridgehead atoms. The van der Waals surface area contributed by atoms with Crippen molar-refractivity contribution in [3.8, 4) is 0 Å². The minimum atomic E-state index is 0.0867. The SMILES string of the molecule is C1CC[C@@H](O[C@H]2CCNC2)OC1. The lowest BCUT2D eigenvalue weighted by Gasteiger charge is -2.25. The van der Waals surface area contributed by atoms with Gasteiger partial charge in [-0.1, -0.05) is 0 Å². The highest BCUT2D eigenvalue weighted by atomic mass is 16.7. The van der Waals surface area contributed by atoms with Gasteiger partial charge in [0.2, 0.25) is 0 Å². The lowest BCUT2D eigenvalue weighted by atomic mass is 10.2. The Labute approximate surface area is 73.4 Å². The van der Waals surface area contributed by atoms with Crippen LogP contribution in [0.15, 0.2) is 0 Å². The van der Waals surface area contributed by atoms with E-state index in [9.17, 15) is 0 Å². The fourth-order valence-corrected chi connectivity index (χ4v) is 1.78. The highest BCUT2D eigenvalue weighted by Crippen LogP contribution is 2.17. The van der Waals surface area contributed by atoms with Gasteiger partial charge in [-0.15, -0.1) is 0 Å². The van der Waals surface area contributed by atoms with E-state index in [0.717, 1.165) is 32.5 Å². The monoisotopic (exact) mass is 171 g/mol. The maximum atomic E-state index is 5.77. The summed E-state index contributed by atoms with van der Waals surface area (Å²) in [5.41, 5.74) is 0. The Morgan fingerprint density at radius 1 is 1.25 bits per heavy atom. The molecule has 3 nitrogen and oxygen atoms in total. The van der Waals surface area contributed by atoms with Crippen molar-refractivity contribution in [3.63, 3.8) is 0 Å². The molecule has 2 fully saturated rings. The second kappa shape index (κ2) is 4.21. The van der Waals surface area contributed by atoms with Crippen molar-refractivity contribution in [2.24, 2.45) is 0 Å². The zero-order chi connectivity index (χ0) is 8.23. The molecule has 0 unspecified atom stereocenters. The van der Waals surface area contributed by atoms with Gasteiger partial charge in [0.05, 0.1) is 6.10 Å². The first-order valence-corrected chi connectivity index (χ1v) is 4.93. The third kappa shape index (κ3) is 2.19. The molecule has 2 heterocycles. The van der Waals surface area contributed by atoms with Crippen LogP contribution in [0.25, 0.3) is 0 Å². The predicted octanol–water partition coefficient (Wildman–Crippen LogP) is 0.891. The maximum Gasteiger partial charge on any atom is 0.158 e. The van der Waals surface area contributed by atoms with Crippen LogP contribution < -0.4 is 5.32 Å². The standard InChI is InChI=1S/C9H17NO2/c1-2-6-11-9(3-1)12-8-4-5-10-7-8/h8-10H,1-7H2/t8-,9+/m0/s1. The van der Waals surface area contributed by atoms with Crippen LogP contribution in [0.4, 0.5) is 0 Å². The topological polar surface area (TPSA) is 30.5 Å². The van der Waals surface area contributed by atoms with Gasteiger partial charge in [0.1, 0.15) is 0 Å². The molecule has 0 radical (unpaired) electrons. The van der Waals surface area contributed by atoms with E-state index < -0.39 is 0 Å². The molecule has 0 aromatic carbocycles. The van der Waals surface area contributed by atoms with E-state index in [4.69, 9.17) is 9.47 Å². The van der Waals surface area contributed by atoms with Crippen molar-refractivity contribution in [1.82, 2.24) is 5.32 Å². The van der Waals surface area contributed by atoms with E-state index in [1.54, 1.807) is 0 Å². The first kappa shape index (κ1) is 8.48. The Hall–Kier alpha value is -0.120. The summed E-state index contributed by atoms with van der Waals surface area (Å²) in [6.45, 7) is 2.97. The normalized spacial score (nSPS) is 37.0. The largest absolute Gasteiger partial charge is 0.353 e. The lowest BCUT2D eigenvalue weighted by molar-refractivity contribution is -0.183. The molecule has 0 saturated carbocycles. The molecule has 1 N–H and O–H groups in total. The molecule has 2 rings (SSSR count). The van der Waals surface area contributed by atoms with E-state index in [2.05, 4.69) is 5.32 Å². The van der Waals surface area contributed by atoms with Crippen molar-refractivity contribution in [3.05, 3.63) is 0 Å². The molecule has 3 heteroatoms. The Morgan fingerprint density at radius 3 is 2.92 bits per heavy atom. The molecule has 0 amide bonds. The van der Waals surface area contributed by atoms with Crippen LogP contribution in [0, 0.1) is 0 Å². The van der Waals surface area contributed by atoms with Crippen LogP contribution >= 0.6 is 0 Å². The summed E-state index contributed by atoms with van der Waals surface area (Å²) in [5, 5.41) is 3.28. The summed E-state index contributed by atoms with van der Waals surface area (Å²) in [6, 6.07) is 0. The van der Waals surface area contributed by atoms with Gasteiger partial charge in [0.15, 0.2) is 6.29 Å². The molecule has 2 atom stereocenters. The third-order valence-electron chi connectivity index (χ3n) is 2.50. The zero-order valence-electron chi connectivity index (χ0n) is 7.42. The smallest absolute Gasteiger partial charge is 0.158 e. The van der Waals surface area contributed by atoms with Crippen LogP contribution in [-0.4, -0.2) is 32.1 Å². The first-order valence-electron chi connectivity index (χ1n) is 4.93. The zero-order valence-corrected chi connectivity index (χ0v) is 7.42. The fraction of sp³-hybridized carbons (Fsp3) is 1.00. The molecule has 0 aromatic heterocycles. The Kier molecular flexibility index (Phi) is 2.98. The summed E-state index contributed by atoms with van der Waals surface area (Å²) >= 11 is 0. The van der Waals surface area contributed by atoms with Gasteiger partial charge in [-0.3, -0.25) is 0 Å². The minimum Gasteiger partial charge on any atom is -0.353 e. The van der Waals surface area contributed by atoms with Crippen molar-refractivity contribution in [2.75, 3.05) is 19.7 Å². The van der Waals surface area contributed by atoms with Crippen LogP contribution in [0.5, 0.6) is 0 Å². The van der Waals surface area contributed by atoms with Crippen LogP contribution in [0.1, 0.15) is 25.7 Å². The molecule has 2 aliphatic heterocycles. The van der Waals surface area contributed by atoms with E-state index in [1.165, 1.54) is 12.8 Å². The van der Waals surface area contributed by atoms with E-state index >= 15 is 0 Å². The van der Waals surface area contributed by atoms with Crippen molar-refractivity contribution in [1.29, 1.82) is 0 Å². The fourth-order valence-electron chi connectivity index (χ4n) is 1.78. The van der Waals surface area contributed by atoms with Crippen LogP contribution in [0.2, 0.25) is 0 Å². The van der Waals surface area contributed by atoms with E-state index in [0.29, 0.717) is 6.10 Å². The van der Waals surface area contributed by atoms with Crippen LogP contribution in [0.3, 0.4) is 0 Å². The number of ether oxygens (including phenoxy) is 2. The minimum absolute atomic E-state index is 0.0867. The van der Waals surface area contributed by atoms with Crippen molar-refractivity contribution >= 4 is 0 Å². The number of rotatable bonds is 2. The Balaban J connectivity index is 1.69. The average molecular weight is 171 g/mol. The average Bonchev–Trinajstić information content (AvgIpc) is 2.59. The van der Waals surface area contributed by atoms with Gasteiger partial charge < -0.3 is 14.8 Å². The highest BCUT2D eigenvalue weighted by molar-refractivity contribution is 4.72. The van der Waals surface area contributed by atoms with Gasteiger partial charge in [0.25, 0.3) is 0 Å². The lowest BCUT2D eigenvalue weighted by Crippen LogP contribution is -2.29. The van der Waals surface area contributed by atoms with Gasteiger partial charge >= 0.3 is 0 Å². The van der Waals surface area contributed by atoms with Crippen molar-refractivity contribution < 1.29 is 9.47 Å². The Bertz CT molecular complexity index is 128. The first-order chi connectivity index (χ1) is 5.95. The molecule has 2 aliphatic rings. The molecule has 0 spiro atoms. The van der Waals surface area contributed by atoms with E-state index in [1.807, 2.05) is 0 Å². The summed E-state index contributed by atoms with van der Waals surface area (Å²) < 4.78 is 11.3. The summed E-state index contributed by atoms with van der Waals surface area (Å²) in [5.74, 6) is 0.